The first-order valence-corrected chi connectivity index (χ1v) is 4.90. The molecule has 0 radical (unpaired) electrons. The maximum Gasteiger partial charge on any atom is 0.451 e. The Morgan fingerprint density at radius 2 is 2.06 bits per heavy atom. The van der Waals surface area contributed by atoms with Crippen LogP contribution in [0.4, 0.5) is 13.2 Å². The van der Waals surface area contributed by atoms with Crippen molar-refractivity contribution in [3.8, 4) is 0 Å². The Hall–Kier alpha value is -1.15. The Balaban J connectivity index is 0.000000386. The fourth-order valence-electron chi connectivity index (χ4n) is 1.30. The molecule has 0 unspecified atom stereocenters. The van der Waals surface area contributed by atoms with Crippen molar-refractivity contribution < 1.29 is 13.2 Å². The molecular formula is C8H14F3N5. The van der Waals surface area contributed by atoms with Gasteiger partial charge in [-0.3, -0.25) is 0 Å². The van der Waals surface area contributed by atoms with Gasteiger partial charge in [0, 0.05) is 13.1 Å². The summed E-state index contributed by atoms with van der Waals surface area (Å²) in [6.07, 6.45) is -4.40. The van der Waals surface area contributed by atoms with Crippen molar-refractivity contribution in [2.24, 2.45) is 5.73 Å². The van der Waals surface area contributed by atoms with Gasteiger partial charge in [-0.25, -0.2) is 0 Å². The van der Waals surface area contributed by atoms with Gasteiger partial charge in [0.25, 0.3) is 0 Å². The van der Waals surface area contributed by atoms with Crippen LogP contribution in [-0.4, -0.2) is 27.9 Å². The number of nitrogens with one attached hydrogen (secondary N) is 1. The number of nitrogens with two attached hydrogens (primary N) is 1. The van der Waals surface area contributed by atoms with Gasteiger partial charge in [0.2, 0.25) is 5.82 Å². The number of nitrogens with zero attached hydrogens (tertiary/aromatic N) is 3. The van der Waals surface area contributed by atoms with E-state index in [1.54, 1.807) is 0 Å². The summed E-state index contributed by atoms with van der Waals surface area (Å²) in [5.74, 6) is -0.553. The molecule has 0 spiro atoms. The summed E-state index contributed by atoms with van der Waals surface area (Å²) in [6, 6.07) is 0. The zero-order chi connectivity index (χ0) is 12.2. The van der Waals surface area contributed by atoms with Crippen molar-refractivity contribution in [3.63, 3.8) is 0 Å². The number of halogens is 3. The minimum absolute atomic E-state index is 0.275. The quantitative estimate of drug-likeness (QED) is 0.683. The van der Waals surface area contributed by atoms with Crippen LogP contribution in [0.3, 0.4) is 0 Å². The molecule has 0 saturated carbocycles. The molecule has 2 rings (SSSR count). The topological polar surface area (TPSA) is 68.8 Å². The Bertz CT molecular complexity index is 333. The third kappa shape index (κ3) is 2.92. The zero-order valence-electron chi connectivity index (χ0n) is 8.88. The highest BCUT2D eigenvalue weighted by Gasteiger charge is 2.38. The van der Waals surface area contributed by atoms with Crippen LogP contribution in [0.2, 0.25) is 0 Å². The number of fused-ring (bicyclic) bond motifs is 1. The third-order valence-corrected chi connectivity index (χ3v) is 1.88. The highest BCUT2D eigenvalue weighted by Crippen LogP contribution is 2.28. The van der Waals surface area contributed by atoms with E-state index in [1.165, 1.54) is 0 Å². The van der Waals surface area contributed by atoms with Crippen molar-refractivity contribution in [2.75, 3.05) is 13.1 Å². The van der Waals surface area contributed by atoms with Crippen LogP contribution in [0.15, 0.2) is 0 Å². The van der Waals surface area contributed by atoms with Gasteiger partial charge in [0.1, 0.15) is 5.82 Å². The standard InChI is InChI=1S/C6H7F3N4.C2H7N/c7-6(8,9)5-12-11-4-3-10-1-2-13(4)5;1-2-3/h10H,1-3H2;2-3H2,1H3. The molecule has 16 heavy (non-hydrogen) atoms. The average Bonchev–Trinajstić information content (AvgIpc) is 2.61. The second-order valence-corrected chi connectivity index (χ2v) is 3.17. The smallest absolute Gasteiger partial charge is 0.331 e. The Labute approximate surface area is 90.8 Å². The molecule has 1 aliphatic heterocycles. The number of alkyl halides is 3. The van der Waals surface area contributed by atoms with Gasteiger partial charge in [-0.05, 0) is 6.54 Å². The lowest BCUT2D eigenvalue weighted by Crippen LogP contribution is -2.30. The van der Waals surface area contributed by atoms with Crippen LogP contribution in [0, 0.1) is 0 Å². The van der Waals surface area contributed by atoms with E-state index in [2.05, 4.69) is 15.5 Å². The highest BCUT2D eigenvalue weighted by molar-refractivity contribution is 5.01. The summed E-state index contributed by atoms with van der Waals surface area (Å²) < 4.78 is 37.9. The normalized spacial score (nSPS) is 15.1. The van der Waals surface area contributed by atoms with Crippen LogP contribution in [-0.2, 0) is 19.3 Å². The third-order valence-electron chi connectivity index (χ3n) is 1.88. The van der Waals surface area contributed by atoms with Crippen molar-refractivity contribution in [2.45, 2.75) is 26.2 Å². The first-order chi connectivity index (χ1) is 7.50. The van der Waals surface area contributed by atoms with E-state index in [9.17, 15) is 13.2 Å². The van der Waals surface area contributed by atoms with Gasteiger partial charge in [0.05, 0.1) is 6.54 Å². The molecule has 92 valence electrons. The molecule has 0 fully saturated rings. The molecule has 2 heterocycles. The van der Waals surface area contributed by atoms with Gasteiger partial charge in [-0.15, -0.1) is 10.2 Å². The van der Waals surface area contributed by atoms with Gasteiger partial charge in [0.15, 0.2) is 0 Å². The molecule has 1 aromatic heterocycles. The SMILES string of the molecule is CCN.FC(F)(F)c1nnc2n1CCNC2. The molecule has 0 aromatic carbocycles. The van der Waals surface area contributed by atoms with Crippen LogP contribution >= 0.6 is 0 Å². The maximum atomic E-state index is 12.3. The number of hydrogen-bond acceptors (Lipinski definition) is 4. The van der Waals surface area contributed by atoms with Crippen LogP contribution in [0.5, 0.6) is 0 Å². The Morgan fingerprint density at radius 1 is 1.44 bits per heavy atom. The highest BCUT2D eigenvalue weighted by atomic mass is 19.4. The zero-order valence-corrected chi connectivity index (χ0v) is 8.88. The first kappa shape index (κ1) is 12.9. The summed E-state index contributed by atoms with van der Waals surface area (Å²) in [5, 5.41) is 9.49. The Morgan fingerprint density at radius 3 is 2.62 bits per heavy atom. The molecule has 0 atom stereocenters. The molecule has 0 aliphatic carbocycles. The average molecular weight is 237 g/mol. The molecule has 0 amide bonds. The monoisotopic (exact) mass is 237 g/mol. The van der Waals surface area contributed by atoms with Crippen LogP contribution < -0.4 is 11.1 Å². The van der Waals surface area contributed by atoms with E-state index in [0.717, 1.165) is 11.1 Å². The van der Waals surface area contributed by atoms with Crippen molar-refractivity contribution in [1.29, 1.82) is 0 Å². The molecule has 1 aliphatic rings. The summed E-state index contributed by atoms with van der Waals surface area (Å²) in [4.78, 5) is 0. The summed E-state index contributed by atoms with van der Waals surface area (Å²) in [5.41, 5.74) is 4.85. The second-order valence-electron chi connectivity index (χ2n) is 3.17. The first-order valence-electron chi connectivity index (χ1n) is 4.90. The molecule has 0 bridgehead atoms. The van der Waals surface area contributed by atoms with Gasteiger partial charge >= 0.3 is 6.18 Å². The second kappa shape index (κ2) is 5.26. The van der Waals surface area contributed by atoms with E-state index in [1.807, 2.05) is 6.92 Å². The fourth-order valence-corrected chi connectivity index (χ4v) is 1.30. The van der Waals surface area contributed by atoms with Crippen molar-refractivity contribution in [1.82, 2.24) is 20.1 Å². The van der Waals surface area contributed by atoms with Gasteiger partial charge in [-0.2, -0.15) is 13.2 Å². The predicted molar refractivity (Wildman–Crippen MR) is 51.5 cm³/mol. The molecule has 8 heteroatoms. The number of rotatable bonds is 0. The van der Waals surface area contributed by atoms with Crippen molar-refractivity contribution >= 4 is 0 Å². The lowest BCUT2D eigenvalue weighted by molar-refractivity contribution is -0.147. The summed E-state index contributed by atoms with van der Waals surface area (Å²) in [7, 11) is 0. The van der Waals surface area contributed by atoms with Gasteiger partial charge < -0.3 is 15.6 Å². The molecular weight excluding hydrogens is 223 g/mol. The lowest BCUT2D eigenvalue weighted by atomic mass is 10.4. The Kier molecular flexibility index (Phi) is 4.25. The molecule has 3 N–H and O–H groups in total. The van der Waals surface area contributed by atoms with E-state index in [0.29, 0.717) is 18.9 Å². The largest absolute Gasteiger partial charge is 0.451 e. The summed E-state index contributed by atoms with van der Waals surface area (Å²) >= 11 is 0. The van der Waals surface area contributed by atoms with E-state index < -0.39 is 12.0 Å². The predicted octanol–water partition coefficient (Wildman–Crippen LogP) is 0.365. The fraction of sp³-hybridized carbons (Fsp3) is 0.750. The van der Waals surface area contributed by atoms with E-state index in [4.69, 9.17) is 5.73 Å². The minimum atomic E-state index is -4.40. The molecule has 1 aromatic rings. The van der Waals surface area contributed by atoms with Gasteiger partial charge in [-0.1, -0.05) is 6.92 Å². The lowest BCUT2D eigenvalue weighted by Gasteiger charge is -2.16. The van der Waals surface area contributed by atoms with E-state index >= 15 is 0 Å². The van der Waals surface area contributed by atoms with Crippen LogP contribution in [0.25, 0.3) is 0 Å². The summed E-state index contributed by atoms with van der Waals surface area (Å²) in [6.45, 7) is 3.80. The van der Waals surface area contributed by atoms with E-state index in [-0.39, 0.29) is 6.54 Å². The van der Waals surface area contributed by atoms with Crippen molar-refractivity contribution in [3.05, 3.63) is 11.6 Å². The number of hydrogen-bond donors (Lipinski definition) is 2. The molecule has 5 nitrogen and oxygen atoms in total. The minimum Gasteiger partial charge on any atom is -0.331 e. The number of aromatic nitrogens is 3. The maximum absolute atomic E-state index is 12.3. The van der Waals surface area contributed by atoms with Crippen LogP contribution in [0.1, 0.15) is 18.6 Å². The molecule has 0 saturated heterocycles.